The molecular weight excluding hydrogens is 280 g/mol. The summed E-state index contributed by atoms with van der Waals surface area (Å²) >= 11 is 0. The predicted octanol–water partition coefficient (Wildman–Crippen LogP) is 3.29. The van der Waals surface area contributed by atoms with Crippen LogP contribution in [0.15, 0.2) is 30.3 Å². The van der Waals surface area contributed by atoms with Crippen molar-refractivity contribution in [3.63, 3.8) is 0 Å². The van der Waals surface area contributed by atoms with Crippen molar-refractivity contribution in [2.45, 2.75) is 46.3 Å². The first-order valence-electron chi connectivity index (χ1n) is 7.49. The van der Waals surface area contributed by atoms with Crippen LogP contribution >= 0.6 is 0 Å². The maximum atomic E-state index is 12.7. The third-order valence-electron chi connectivity index (χ3n) is 3.27. The van der Waals surface area contributed by atoms with Crippen molar-refractivity contribution in [2.24, 2.45) is 0 Å². The Hall–Kier alpha value is -2.04. The van der Waals surface area contributed by atoms with Crippen molar-refractivity contribution in [3.05, 3.63) is 30.3 Å². The van der Waals surface area contributed by atoms with E-state index in [1.165, 1.54) is 4.90 Å². The van der Waals surface area contributed by atoms with E-state index in [2.05, 4.69) is 0 Å². The number of anilines is 1. The monoisotopic (exact) mass is 306 g/mol. The van der Waals surface area contributed by atoms with Gasteiger partial charge in [-0.3, -0.25) is 9.69 Å². The molecule has 0 fully saturated rings. The van der Waals surface area contributed by atoms with E-state index < -0.39 is 17.7 Å². The number of carbonyl (C=O) groups is 2. The van der Waals surface area contributed by atoms with Crippen LogP contribution in [-0.4, -0.2) is 42.1 Å². The molecule has 0 heterocycles. The molecule has 0 aromatic heterocycles. The maximum absolute atomic E-state index is 12.7. The topological polar surface area (TPSA) is 49.9 Å². The largest absolute Gasteiger partial charge is 0.444 e. The Kier molecular flexibility index (Phi) is 5.97. The van der Waals surface area contributed by atoms with Gasteiger partial charge in [-0.15, -0.1) is 0 Å². The molecule has 0 saturated carbocycles. The predicted molar refractivity (Wildman–Crippen MR) is 87.9 cm³/mol. The van der Waals surface area contributed by atoms with Crippen LogP contribution in [0.1, 0.15) is 34.6 Å². The Morgan fingerprint density at radius 2 is 1.73 bits per heavy atom. The van der Waals surface area contributed by atoms with Gasteiger partial charge < -0.3 is 9.64 Å². The fraction of sp³-hybridized carbons (Fsp3) is 0.529. The molecule has 5 nitrogen and oxygen atoms in total. The van der Waals surface area contributed by atoms with Gasteiger partial charge in [-0.1, -0.05) is 18.2 Å². The number of benzene rings is 1. The molecule has 0 spiro atoms. The van der Waals surface area contributed by atoms with E-state index >= 15 is 0 Å². The van der Waals surface area contributed by atoms with Crippen molar-refractivity contribution in [1.82, 2.24) is 4.90 Å². The summed E-state index contributed by atoms with van der Waals surface area (Å²) in [6.45, 7) is 9.55. The van der Waals surface area contributed by atoms with Crippen molar-refractivity contribution in [2.75, 3.05) is 18.5 Å². The van der Waals surface area contributed by atoms with Crippen molar-refractivity contribution < 1.29 is 14.3 Å². The number of ether oxygens (including phenoxy) is 1. The third-order valence-corrected chi connectivity index (χ3v) is 3.27. The number of hydrogen-bond acceptors (Lipinski definition) is 3. The first-order chi connectivity index (χ1) is 10.2. The molecule has 0 saturated heterocycles. The van der Waals surface area contributed by atoms with Gasteiger partial charge in [0.1, 0.15) is 11.6 Å². The lowest BCUT2D eigenvalue weighted by atomic mass is 10.2. The van der Waals surface area contributed by atoms with E-state index in [0.29, 0.717) is 6.54 Å². The number of nitrogens with zero attached hydrogens (tertiary/aromatic N) is 2. The highest BCUT2D eigenvalue weighted by molar-refractivity contribution is 5.98. The van der Waals surface area contributed by atoms with Gasteiger partial charge >= 0.3 is 6.09 Å². The van der Waals surface area contributed by atoms with Gasteiger partial charge in [0.25, 0.3) is 0 Å². The van der Waals surface area contributed by atoms with Crippen molar-refractivity contribution in [3.8, 4) is 0 Å². The van der Waals surface area contributed by atoms with Crippen LogP contribution in [0.3, 0.4) is 0 Å². The summed E-state index contributed by atoms with van der Waals surface area (Å²) in [6, 6.07) is 8.82. The molecule has 22 heavy (non-hydrogen) atoms. The van der Waals surface area contributed by atoms with Gasteiger partial charge in [0.15, 0.2) is 0 Å². The molecule has 122 valence electrons. The van der Waals surface area contributed by atoms with E-state index in [4.69, 9.17) is 4.74 Å². The molecule has 0 aliphatic rings. The average molecular weight is 306 g/mol. The molecule has 0 unspecified atom stereocenters. The van der Waals surface area contributed by atoms with Crippen LogP contribution in [0, 0.1) is 0 Å². The standard InChI is InChI=1S/C17H26N2O3/c1-7-19(14-11-9-8-10-12-14)15(20)13(2)18(6)16(21)22-17(3,4)5/h8-13H,7H2,1-6H3/t13-/m1/s1. The summed E-state index contributed by atoms with van der Waals surface area (Å²) in [5.74, 6) is -0.137. The number of para-hydroxylation sites is 1. The van der Waals surface area contributed by atoms with Crippen molar-refractivity contribution in [1.29, 1.82) is 0 Å². The van der Waals surface area contributed by atoms with Crippen LogP contribution in [0.25, 0.3) is 0 Å². The van der Waals surface area contributed by atoms with E-state index in [1.54, 1.807) is 39.6 Å². The molecule has 0 N–H and O–H groups in total. The molecule has 0 aliphatic heterocycles. The number of amides is 2. The summed E-state index contributed by atoms with van der Waals surface area (Å²) in [7, 11) is 1.58. The lowest BCUT2D eigenvalue weighted by Crippen LogP contribution is -2.49. The molecule has 1 aromatic rings. The van der Waals surface area contributed by atoms with E-state index in [-0.39, 0.29) is 5.91 Å². The number of hydrogen-bond donors (Lipinski definition) is 0. The minimum Gasteiger partial charge on any atom is -0.444 e. The van der Waals surface area contributed by atoms with Gasteiger partial charge in [-0.05, 0) is 46.8 Å². The summed E-state index contributed by atoms with van der Waals surface area (Å²) < 4.78 is 5.31. The highest BCUT2D eigenvalue weighted by Crippen LogP contribution is 2.17. The third kappa shape index (κ3) is 4.76. The summed E-state index contributed by atoms with van der Waals surface area (Å²) in [5, 5.41) is 0. The SMILES string of the molecule is CCN(C(=O)[C@@H](C)N(C)C(=O)OC(C)(C)C)c1ccccc1. The summed E-state index contributed by atoms with van der Waals surface area (Å²) in [6.07, 6.45) is -0.502. The van der Waals surface area contributed by atoms with Gasteiger partial charge in [0, 0.05) is 19.3 Å². The minimum atomic E-state index is -0.602. The average Bonchev–Trinajstić information content (AvgIpc) is 2.45. The number of likely N-dealkylation sites (N-methyl/N-ethyl adjacent to an activating group) is 2. The van der Waals surface area contributed by atoms with Gasteiger partial charge in [0.05, 0.1) is 0 Å². The molecule has 5 heteroatoms. The zero-order chi connectivity index (χ0) is 16.9. The van der Waals surface area contributed by atoms with Crippen LogP contribution in [0.5, 0.6) is 0 Å². The summed E-state index contributed by atoms with van der Waals surface area (Å²) in [4.78, 5) is 27.7. The Balaban J connectivity index is 2.84. The van der Waals surface area contributed by atoms with E-state index in [1.807, 2.05) is 37.3 Å². The Bertz CT molecular complexity index is 508. The zero-order valence-corrected chi connectivity index (χ0v) is 14.3. The molecule has 0 aliphatic carbocycles. The first kappa shape index (κ1) is 18.0. The van der Waals surface area contributed by atoms with Crippen molar-refractivity contribution >= 4 is 17.7 Å². The second-order valence-electron chi connectivity index (χ2n) is 6.19. The van der Waals surface area contributed by atoms with Crippen LogP contribution in [0.2, 0.25) is 0 Å². The van der Waals surface area contributed by atoms with Gasteiger partial charge in [0.2, 0.25) is 5.91 Å². The molecular formula is C17H26N2O3. The quantitative estimate of drug-likeness (QED) is 0.857. The van der Waals surface area contributed by atoms with Crippen LogP contribution in [0.4, 0.5) is 10.5 Å². The van der Waals surface area contributed by atoms with E-state index in [9.17, 15) is 9.59 Å². The molecule has 1 aromatic carbocycles. The smallest absolute Gasteiger partial charge is 0.410 e. The Labute approximate surface area is 132 Å². The number of rotatable bonds is 4. The molecule has 0 radical (unpaired) electrons. The second kappa shape index (κ2) is 7.29. The molecule has 2 amide bonds. The first-order valence-corrected chi connectivity index (χ1v) is 7.49. The highest BCUT2D eigenvalue weighted by Gasteiger charge is 2.29. The van der Waals surface area contributed by atoms with Gasteiger partial charge in [-0.25, -0.2) is 4.79 Å². The second-order valence-corrected chi connectivity index (χ2v) is 6.19. The minimum absolute atomic E-state index is 0.137. The maximum Gasteiger partial charge on any atom is 0.410 e. The van der Waals surface area contributed by atoms with Crippen LogP contribution in [-0.2, 0) is 9.53 Å². The van der Waals surface area contributed by atoms with Gasteiger partial charge in [-0.2, -0.15) is 0 Å². The Morgan fingerprint density at radius 1 is 1.18 bits per heavy atom. The van der Waals surface area contributed by atoms with Crippen LogP contribution < -0.4 is 4.90 Å². The normalized spacial score (nSPS) is 12.5. The fourth-order valence-electron chi connectivity index (χ4n) is 1.96. The Morgan fingerprint density at radius 3 is 2.18 bits per heavy atom. The zero-order valence-electron chi connectivity index (χ0n) is 14.3. The molecule has 1 atom stereocenters. The lowest BCUT2D eigenvalue weighted by molar-refractivity contribution is -0.122. The summed E-state index contributed by atoms with van der Waals surface area (Å²) in [5.41, 5.74) is 0.234. The molecule has 1 rings (SSSR count). The molecule has 0 bridgehead atoms. The fourth-order valence-corrected chi connectivity index (χ4v) is 1.96. The number of carbonyl (C=O) groups excluding carboxylic acids is 2. The lowest BCUT2D eigenvalue weighted by Gasteiger charge is -2.31. The van der Waals surface area contributed by atoms with E-state index in [0.717, 1.165) is 5.69 Å². The highest BCUT2D eigenvalue weighted by atomic mass is 16.6.